The molecule has 8 heteroatoms. The van der Waals surface area contributed by atoms with E-state index in [1.165, 1.54) is 21.3 Å². The number of imidazole rings is 1. The van der Waals surface area contributed by atoms with E-state index in [9.17, 15) is 4.79 Å². The molecule has 1 heterocycles. The molecule has 1 N–H and O–H groups in total. The fraction of sp³-hybridized carbons (Fsp3) is 0.286. The van der Waals surface area contributed by atoms with Crippen LogP contribution in [0.25, 0.3) is 11.0 Å². The molecule has 0 aliphatic carbocycles. The quantitative estimate of drug-likeness (QED) is 0.336. The smallest absolute Gasteiger partial charge is 0.251 e. The Morgan fingerprint density at radius 2 is 1.69 bits per heavy atom. The summed E-state index contributed by atoms with van der Waals surface area (Å²) >= 11 is 0. The van der Waals surface area contributed by atoms with Crippen LogP contribution >= 0.6 is 0 Å². The van der Waals surface area contributed by atoms with Crippen molar-refractivity contribution < 1.29 is 23.7 Å². The highest BCUT2D eigenvalue weighted by Crippen LogP contribution is 2.38. The molecular formula is C28H31N3O5. The van der Waals surface area contributed by atoms with Crippen molar-refractivity contribution in [2.75, 3.05) is 34.5 Å². The van der Waals surface area contributed by atoms with Crippen molar-refractivity contribution in [3.05, 3.63) is 77.6 Å². The zero-order valence-electron chi connectivity index (χ0n) is 21.0. The first-order chi connectivity index (χ1) is 17.5. The van der Waals surface area contributed by atoms with Gasteiger partial charge in [0, 0.05) is 18.5 Å². The lowest BCUT2D eigenvalue weighted by Gasteiger charge is -2.14. The Labute approximate surface area is 210 Å². The molecule has 0 bridgehead atoms. The Balaban J connectivity index is 1.44. The number of para-hydroxylation sites is 2. The summed E-state index contributed by atoms with van der Waals surface area (Å²) in [6.45, 7) is 3.61. The van der Waals surface area contributed by atoms with Gasteiger partial charge in [0.15, 0.2) is 11.5 Å². The fourth-order valence-electron chi connectivity index (χ4n) is 4.13. The Morgan fingerprint density at radius 3 is 2.39 bits per heavy atom. The molecule has 0 saturated heterocycles. The topological polar surface area (TPSA) is 83.8 Å². The lowest BCUT2D eigenvalue weighted by atomic mass is 10.1. The van der Waals surface area contributed by atoms with E-state index in [0.717, 1.165) is 28.2 Å². The van der Waals surface area contributed by atoms with Gasteiger partial charge in [0.2, 0.25) is 5.75 Å². The number of hydrogen-bond donors (Lipinski definition) is 1. The van der Waals surface area contributed by atoms with E-state index in [4.69, 9.17) is 23.9 Å². The van der Waals surface area contributed by atoms with Gasteiger partial charge in [-0.2, -0.15) is 0 Å². The highest BCUT2D eigenvalue weighted by molar-refractivity contribution is 5.95. The Morgan fingerprint density at radius 1 is 0.944 bits per heavy atom. The first-order valence-corrected chi connectivity index (χ1v) is 11.8. The molecule has 3 aromatic carbocycles. The van der Waals surface area contributed by atoms with E-state index in [1.54, 1.807) is 12.1 Å². The minimum atomic E-state index is -0.236. The Kier molecular flexibility index (Phi) is 7.95. The molecule has 0 unspecified atom stereocenters. The average Bonchev–Trinajstić information content (AvgIpc) is 3.25. The molecule has 0 aliphatic rings. The van der Waals surface area contributed by atoms with E-state index >= 15 is 0 Å². The normalized spacial score (nSPS) is 10.8. The van der Waals surface area contributed by atoms with Gasteiger partial charge in [-0.1, -0.05) is 24.3 Å². The maximum absolute atomic E-state index is 12.9. The number of ether oxygens (including phenoxy) is 4. The fourth-order valence-corrected chi connectivity index (χ4v) is 4.13. The van der Waals surface area contributed by atoms with Crippen molar-refractivity contribution >= 4 is 16.9 Å². The number of nitrogens with zero attached hydrogens (tertiary/aromatic N) is 2. The lowest BCUT2D eigenvalue weighted by Crippen LogP contribution is -2.27. The van der Waals surface area contributed by atoms with Crippen molar-refractivity contribution in [3.63, 3.8) is 0 Å². The van der Waals surface area contributed by atoms with Crippen LogP contribution in [0.1, 0.15) is 21.7 Å². The van der Waals surface area contributed by atoms with E-state index in [2.05, 4.69) is 9.88 Å². The van der Waals surface area contributed by atoms with E-state index in [1.807, 2.05) is 55.5 Å². The second kappa shape index (κ2) is 11.5. The predicted molar refractivity (Wildman–Crippen MR) is 139 cm³/mol. The van der Waals surface area contributed by atoms with Gasteiger partial charge in [0.1, 0.15) is 18.2 Å². The van der Waals surface area contributed by atoms with Crippen LogP contribution in [0.2, 0.25) is 0 Å². The SMILES string of the molecule is COc1cc(C(=O)NCCc2nc3ccccc3n2CCOc2cccc(C)c2)cc(OC)c1OC. The number of hydrogen-bond acceptors (Lipinski definition) is 6. The molecule has 1 amide bonds. The molecule has 36 heavy (non-hydrogen) atoms. The van der Waals surface area contributed by atoms with Crippen molar-refractivity contribution in [2.24, 2.45) is 0 Å². The van der Waals surface area contributed by atoms with Gasteiger partial charge in [-0.15, -0.1) is 0 Å². The highest BCUT2D eigenvalue weighted by atomic mass is 16.5. The number of aromatic nitrogens is 2. The molecule has 8 nitrogen and oxygen atoms in total. The van der Waals surface area contributed by atoms with Gasteiger partial charge >= 0.3 is 0 Å². The van der Waals surface area contributed by atoms with Crippen molar-refractivity contribution in [1.29, 1.82) is 0 Å². The minimum absolute atomic E-state index is 0.236. The first kappa shape index (κ1) is 24.9. The van der Waals surface area contributed by atoms with E-state index in [0.29, 0.717) is 48.9 Å². The first-order valence-electron chi connectivity index (χ1n) is 11.8. The van der Waals surface area contributed by atoms with Crippen LogP contribution in [0.5, 0.6) is 23.0 Å². The average molecular weight is 490 g/mol. The van der Waals surface area contributed by atoms with Crippen molar-refractivity contribution in [3.8, 4) is 23.0 Å². The molecule has 0 radical (unpaired) electrons. The minimum Gasteiger partial charge on any atom is -0.493 e. The number of fused-ring (bicyclic) bond motifs is 1. The van der Waals surface area contributed by atoms with E-state index in [-0.39, 0.29) is 5.91 Å². The van der Waals surface area contributed by atoms with Crippen molar-refractivity contribution in [1.82, 2.24) is 14.9 Å². The highest BCUT2D eigenvalue weighted by Gasteiger charge is 2.17. The van der Waals surface area contributed by atoms with Crippen LogP contribution in [0.3, 0.4) is 0 Å². The second-order valence-electron chi connectivity index (χ2n) is 8.25. The standard InChI is InChI=1S/C28H31N3O5/c1-19-8-7-9-21(16-19)36-15-14-31-23-11-6-5-10-22(23)30-26(31)12-13-29-28(32)20-17-24(33-2)27(35-4)25(18-20)34-3/h5-11,16-18H,12-15H2,1-4H3,(H,29,32). The Hall–Kier alpha value is -4.20. The summed E-state index contributed by atoms with van der Waals surface area (Å²) < 4.78 is 24.2. The predicted octanol–water partition coefficient (Wildman–Crippen LogP) is 4.42. The molecule has 0 atom stereocenters. The number of carbonyl (C=O) groups is 1. The number of benzene rings is 3. The van der Waals surface area contributed by atoms with Crippen LogP contribution in [0, 0.1) is 6.92 Å². The van der Waals surface area contributed by atoms with Crippen LogP contribution in [0.4, 0.5) is 0 Å². The zero-order valence-corrected chi connectivity index (χ0v) is 21.0. The summed E-state index contributed by atoms with van der Waals surface area (Å²) in [7, 11) is 4.57. The summed E-state index contributed by atoms with van der Waals surface area (Å²) in [4.78, 5) is 17.7. The molecule has 4 rings (SSSR count). The monoisotopic (exact) mass is 489 g/mol. The molecule has 1 aromatic heterocycles. The summed E-state index contributed by atoms with van der Waals surface area (Å²) in [5, 5.41) is 2.97. The lowest BCUT2D eigenvalue weighted by molar-refractivity contribution is 0.0953. The third-order valence-corrected chi connectivity index (χ3v) is 5.87. The third-order valence-electron chi connectivity index (χ3n) is 5.87. The van der Waals surface area contributed by atoms with Crippen LogP contribution < -0.4 is 24.3 Å². The molecule has 0 aliphatic heterocycles. The summed E-state index contributed by atoms with van der Waals surface area (Å²) in [5.41, 5.74) is 3.53. The zero-order chi connectivity index (χ0) is 25.5. The van der Waals surface area contributed by atoms with Crippen LogP contribution in [-0.4, -0.2) is 49.9 Å². The van der Waals surface area contributed by atoms with Crippen LogP contribution in [0.15, 0.2) is 60.7 Å². The maximum atomic E-state index is 12.9. The van der Waals surface area contributed by atoms with Gasteiger partial charge in [0.05, 0.1) is 38.9 Å². The molecule has 0 fully saturated rings. The van der Waals surface area contributed by atoms with Gasteiger partial charge in [-0.05, 0) is 48.9 Å². The third kappa shape index (κ3) is 5.54. The maximum Gasteiger partial charge on any atom is 0.251 e. The molecule has 0 saturated carbocycles. The molecule has 0 spiro atoms. The van der Waals surface area contributed by atoms with Crippen molar-refractivity contribution in [2.45, 2.75) is 19.9 Å². The van der Waals surface area contributed by atoms with Gasteiger partial charge in [-0.3, -0.25) is 4.79 Å². The molecule has 4 aromatic rings. The number of nitrogens with one attached hydrogen (secondary N) is 1. The summed E-state index contributed by atoms with van der Waals surface area (Å²) in [6.07, 6.45) is 0.565. The summed E-state index contributed by atoms with van der Waals surface area (Å²) in [6, 6.07) is 19.3. The number of aryl methyl sites for hydroxylation is 1. The van der Waals surface area contributed by atoms with Crippen LogP contribution in [-0.2, 0) is 13.0 Å². The number of carbonyl (C=O) groups excluding carboxylic acids is 1. The largest absolute Gasteiger partial charge is 0.493 e. The second-order valence-corrected chi connectivity index (χ2v) is 8.25. The Bertz CT molecular complexity index is 1320. The number of rotatable bonds is 11. The van der Waals surface area contributed by atoms with E-state index < -0.39 is 0 Å². The van der Waals surface area contributed by atoms with Gasteiger partial charge in [0.25, 0.3) is 5.91 Å². The van der Waals surface area contributed by atoms with Gasteiger partial charge < -0.3 is 28.8 Å². The summed E-state index contributed by atoms with van der Waals surface area (Å²) in [5.74, 6) is 2.79. The number of methoxy groups -OCH3 is 3. The number of amides is 1. The van der Waals surface area contributed by atoms with Gasteiger partial charge in [-0.25, -0.2) is 4.98 Å². The molecule has 188 valence electrons. The molecular weight excluding hydrogens is 458 g/mol.